The number of unbranched alkanes of at least 4 members (excludes halogenated alkanes) is 1. The van der Waals surface area contributed by atoms with Crippen molar-refractivity contribution < 1.29 is 24.9 Å². The third-order valence-corrected chi connectivity index (χ3v) is 4.88. The highest BCUT2D eigenvalue weighted by molar-refractivity contribution is 8.26. The molecule has 0 spiro atoms. The van der Waals surface area contributed by atoms with Gasteiger partial charge in [0.2, 0.25) is 0 Å². The van der Waals surface area contributed by atoms with Crippen LogP contribution in [0.3, 0.4) is 0 Å². The standard InChI is InChI=1S/C16H17NO5S2/c1-2-3-4-10(15(21)22)17-14(20)13(24-16(17)23)8-9-5-6-11(18)12(19)7-9/h5-8,10,18-19H,2-4H2,1H3,(H,21,22)/b13-8-/t10-/m0/s1. The van der Waals surface area contributed by atoms with E-state index in [1.807, 2.05) is 6.92 Å². The van der Waals surface area contributed by atoms with Crippen LogP contribution in [0.1, 0.15) is 31.7 Å². The molecule has 1 heterocycles. The largest absolute Gasteiger partial charge is 0.504 e. The second-order valence-electron chi connectivity index (χ2n) is 5.30. The van der Waals surface area contributed by atoms with Crippen LogP contribution in [0.15, 0.2) is 23.1 Å². The normalized spacial score (nSPS) is 17.5. The zero-order chi connectivity index (χ0) is 17.9. The number of hydrogen-bond acceptors (Lipinski definition) is 6. The Kier molecular flexibility index (Phi) is 5.84. The molecule has 1 aromatic carbocycles. The number of phenols is 2. The van der Waals surface area contributed by atoms with Crippen LogP contribution in [-0.4, -0.2) is 42.5 Å². The van der Waals surface area contributed by atoms with Crippen LogP contribution in [0.2, 0.25) is 0 Å². The Hall–Kier alpha value is -2.06. The van der Waals surface area contributed by atoms with Crippen LogP contribution in [0.5, 0.6) is 11.5 Å². The van der Waals surface area contributed by atoms with Crippen molar-refractivity contribution in [3.8, 4) is 11.5 Å². The van der Waals surface area contributed by atoms with E-state index in [1.54, 1.807) is 0 Å². The van der Waals surface area contributed by atoms with E-state index >= 15 is 0 Å². The van der Waals surface area contributed by atoms with Crippen molar-refractivity contribution >= 4 is 46.3 Å². The summed E-state index contributed by atoms with van der Waals surface area (Å²) in [6.45, 7) is 1.94. The molecule has 1 atom stereocenters. The Morgan fingerprint density at radius 1 is 1.38 bits per heavy atom. The first-order valence-corrected chi connectivity index (χ1v) is 8.59. The molecular weight excluding hydrogens is 350 g/mol. The van der Waals surface area contributed by atoms with Gasteiger partial charge in [0.15, 0.2) is 11.5 Å². The van der Waals surface area contributed by atoms with Crippen molar-refractivity contribution in [1.82, 2.24) is 4.90 Å². The number of thioether (sulfide) groups is 1. The van der Waals surface area contributed by atoms with Gasteiger partial charge in [-0.1, -0.05) is 49.8 Å². The molecule has 0 aliphatic carbocycles. The molecule has 8 heteroatoms. The smallest absolute Gasteiger partial charge is 0.326 e. The summed E-state index contributed by atoms with van der Waals surface area (Å²) in [4.78, 5) is 25.5. The number of aliphatic carboxylic acids is 1. The average Bonchev–Trinajstić information content (AvgIpc) is 2.78. The van der Waals surface area contributed by atoms with E-state index < -0.39 is 17.9 Å². The number of rotatable bonds is 6. The van der Waals surface area contributed by atoms with Gasteiger partial charge in [-0.15, -0.1) is 0 Å². The van der Waals surface area contributed by atoms with E-state index in [0.717, 1.165) is 23.1 Å². The van der Waals surface area contributed by atoms with Crippen LogP contribution < -0.4 is 0 Å². The molecule has 0 aromatic heterocycles. The molecule has 1 fully saturated rings. The highest BCUT2D eigenvalue weighted by Gasteiger charge is 2.40. The molecule has 1 aromatic rings. The number of phenolic OH excluding ortho intramolecular Hbond substituents is 2. The lowest BCUT2D eigenvalue weighted by Gasteiger charge is -2.22. The molecular formula is C16H17NO5S2. The highest BCUT2D eigenvalue weighted by Crippen LogP contribution is 2.36. The first-order chi connectivity index (χ1) is 11.3. The van der Waals surface area contributed by atoms with Crippen molar-refractivity contribution in [3.63, 3.8) is 0 Å². The van der Waals surface area contributed by atoms with E-state index in [9.17, 15) is 24.9 Å². The zero-order valence-corrected chi connectivity index (χ0v) is 14.6. The lowest BCUT2D eigenvalue weighted by molar-refractivity contribution is -0.145. The number of amides is 1. The summed E-state index contributed by atoms with van der Waals surface area (Å²) >= 11 is 6.21. The Bertz CT molecular complexity index is 716. The fraction of sp³-hybridized carbons (Fsp3) is 0.312. The van der Waals surface area contributed by atoms with Crippen LogP contribution in [0, 0.1) is 0 Å². The molecule has 1 aliphatic heterocycles. The van der Waals surface area contributed by atoms with Crippen molar-refractivity contribution in [1.29, 1.82) is 0 Å². The minimum absolute atomic E-state index is 0.206. The van der Waals surface area contributed by atoms with Crippen LogP contribution in [0.4, 0.5) is 0 Å². The maximum absolute atomic E-state index is 12.6. The van der Waals surface area contributed by atoms with E-state index in [-0.39, 0.29) is 20.7 Å². The fourth-order valence-electron chi connectivity index (χ4n) is 2.29. The van der Waals surface area contributed by atoms with Crippen molar-refractivity contribution in [2.75, 3.05) is 0 Å². The van der Waals surface area contributed by atoms with E-state index in [1.165, 1.54) is 24.3 Å². The van der Waals surface area contributed by atoms with Gasteiger partial charge in [-0.2, -0.15) is 0 Å². The highest BCUT2D eigenvalue weighted by atomic mass is 32.2. The molecule has 24 heavy (non-hydrogen) atoms. The summed E-state index contributed by atoms with van der Waals surface area (Å²) in [7, 11) is 0. The Labute approximate surface area is 148 Å². The number of carbonyl (C=O) groups is 2. The van der Waals surface area contributed by atoms with Gasteiger partial charge in [-0.3, -0.25) is 9.69 Å². The number of hydrogen-bond donors (Lipinski definition) is 3. The maximum atomic E-state index is 12.6. The Balaban J connectivity index is 2.28. The molecule has 0 saturated carbocycles. The quantitative estimate of drug-likeness (QED) is 0.404. The van der Waals surface area contributed by atoms with Gasteiger partial charge in [0.1, 0.15) is 10.4 Å². The average molecular weight is 367 g/mol. The first-order valence-electron chi connectivity index (χ1n) is 7.37. The van der Waals surface area contributed by atoms with Gasteiger partial charge < -0.3 is 15.3 Å². The summed E-state index contributed by atoms with van der Waals surface area (Å²) in [5, 5.41) is 28.2. The summed E-state index contributed by atoms with van der Waals surface area (Å²) in [5.41, 5.74) is 0.506. The molecule has 0 radical (unpaired) electrons. The monoisotopic (exact) mass is 367 g/mol. The van der Waals surface area contributed by atoms with E-state index in [2.05, 4.69) is 0 Å². The summed E-state index contributed by atoms with van der Waals surface area (Å²) in [6.07, 6.45) is 3.35. The lowest BCUT2D eigenvalue weighted by Crippen LogP contribution is -2.43. The second kappa shape index (κ2) is 7.67. The molecule has 0 bridgehead atoms. The number of thiocarbonyl (C=S) groups is 1. The number of aromatic hydroxyl groups is 2. The zero-order valence-electron chi connectivity index (χ0n) is 12.9. The number of carboxylic acids is 1. The molecule has 0 unspecified atom stereocenters. The van der Waals surface area contributed by atoms with Crippen LogP contribution in [0.25, 0.3) is 6.08 Å². The van der Waals surface area contributed by atoms with E-state index in [4.69, 9.17) is 12.2 Å². The molecule has 128 valence electrons. The third-order valence-electron chi connectivity index (χ3n) is 3.55. The van der Waals surface area contributed by atoms with Crippen molar-refractivity contribution in [2.45, 2.75) is 32.2 Å². The van der Waals surface area contributed by atoms with Crippen LogP contribution in [-0.2, 0) is 9.59 Å². The number of benzene rings is 1. The SMILES string of the molecule is CCCC[C@@H](C(=O)O)N1C(=O)/C(=C/c2ccc(O)c(O)c2)SC1=S. The van der Waals surface area contributed by atoms with Crippen molar-refractivity contribution in [3.05, 3.63) is 28.7 Å². The summed E-state index contributed by atoms with van der Waals surface area (Å²) in [5.74, 6) is -2.10. The predicted octanol–water partition coefficient (Wildman–Crippen LogP) is 2.94. The van der Waals surface area contributed by atoms with Gasteiger partial charge in [-0.05, 0) is 30.2 Å². The summed E-state index contributed by atoms with van der Waals surface area (Å²) in [6, 6.07) is 3.18. The van der Waals surface area contributed by atoms with E-state index in [0.29, 0.717) is 18.4 Å². The van der Waals surface area contributed by atoms with Crippen LogP contribution >= 0.6 is 24.0 Å². The Morgan fingerprint density at radius 2 is 2.08 bits per heavy atom. The summed E-state index contributed by atoms with van der Waals surface area (Å²) < 4.78 is 0.206. The molecule has 3 N–H and O–H groups in total. The minimum Gasteiger partial charge on any atom is -0.504 e. The first kappa shape index (κ1) is 18.3. The lowest BCUT2D eigenvalue weighted by atomic mass is 10.1. The number of carbonyl (C=O) groups excluding carboxylic acids is 1. The van der Waals surface area contributed by atoms with Gasteiger partial charge in [0.25, 0.3) is 5.91 Å². The predicted molar refractivity (Wildman–Crippen MR) is 95.7 cm³/mol. The Morgan fingerprint density at radius 3 is 2.67 bits per heavy atom. The van der Waals surface area contributed by atoms with Gasteiger partial charge in [0, 0.05) is 0 Å². The minimum atomic E-state index is -1.08. The van der Waals surface area contributed by atoms with Gasteiger partial charge >= 0.3 is 5.97 Å². The fourth-order valence-corrected chi connectivity index (χ4v) is 3.65. The molecule has 6 nitrogen and oxygen atoms in total. The molecule has 1 amide bonds. The second-order valence-corrected chi connectivity index (χ2v) is 6.97. The molecule has 1 aliphatic rings. The van der Waals surface area contributed by atoms with Gasteiger partial charge in [0.05, 0.1) is 4.91 Å². The maximum Gasteiger partial charge on any atom is 0.326 e. The van der Waals surface area contributed by atoms with Crippen molar-refractivity contribution in [2.24, 2.45) is 0 Å². The van der Waals surface area contributed by atoms with Gasteiger partial charge in [-0.25, -0.2) is 4.79 Å². The third kappa shape index (κ3) is 3.88. The number of nitrogens with zero attached hydrogens (tertiary/aromatic N) is 1. The molecule has 1 saturated heterocycles. The number of carboxylic acid groups (broad SMARTS) is 1. The topological polar surface area (TPSA) is 98.1 Å². The molecule has 2 rings (SSSR count).